The highest BCUT2D eigenvalue weighted by Crippen LogP contribution is 2.43. The lowest BCUT2D eigenvalue weighted by Crippen LogP contribution is -2.10. The SMILES string of the molecule is COc1cc(-c2cc(N(C)C)ccc2S(=O)(=O)O)cc(OC)c1OC. The van der Waals surface area contributed by atoms with Crippen LogP contribution in [0.3, 0.4) is 0 Å². The van der Waals surface area contributed by atoms with Crippen LogP contribution in [-0.4, -0.2) is 48.4 Å². The zero-order chi connectivity index (χ0) is 18.8. The van der Waals surface area contributed by atoms with Crippen LogP contribution in [-0.2, 0) is 10.1 Å². The molecule has 0 heterocycles. The van der Waals surface area contributed by atoms with Crippen molar-refractivity contribution < 1.29 is 27.2 Å². The molecule has 0 aliphatic rings. The van der Waals surface area contributed by atoms with Gasteiger partial charge in [0.1, 0.15) is 4.90 Å². The number of anilines is 1. The summed E-state index contributed by atoms with van der Waals surface area (Å²) in [5.41, 5.74) is 1.61. The second-order valence-corrected chi connectivity index (χ2v) is 6.85. The van der Waals surface area contributed by atoms with E-state index in [4.69, 9.17) is 14.2 Å². The molecule has 0 aliphatic carbocycles. The molecule has 0 bridgehead atoms. The van der Waals surface area contributed by atoms with E-state index < -0.39 is 10.1 Å². The fourth-order valence-electron chi connectivity index (χ4n) is 2.48. The third-order valence-corrected chi connectivity index (χ3v) is 4.64. The van der Waals surface area contributed by atoms with Crippen molar-refractivity contribution in [1.29, 1.82) is 0 Å². The lowest BCUT2D eigenvalue weighted by Gasteiger charge is -2.18. The smallest absolute Gasteiger partial charge is 0.295 e. The highest BCUT2D eigenvalue weighted by atomic mass is 32.2. The standard InChI is InChI=1S/C17H21NO6S/c1-18(2)12-6-7-16(25(19,20)21)13(10-12)11-8-14(22-3)17(24-5)15(9-11)23-4/h6-10H,1-5H3,(H,19,20,21). The number of methoxy groups -OCH3 is 3. The van der Waals surface area contributed by atoms with Crippen molar-refractivity contribution in [3.8, 4) is 28.4 Å². The number of hydrogen-bond donors (Lipinski definition) is 1. The molecule has 8 heteroatoms. The molecule has 0 unspecified atom stereocenters. The Hall–Kier alpha value is -2.45. The Kier molecular flexibility index (Phi) is 5.44. The van der Waals surface area contributed by atoms with Crippen LogP contribution in [0.5, 0.6) is 17.2 Å². The summed E-state index contributed by atoms with van der Waals surface area (Å²) >= 11 is 0. The van der Waals surface area contributed by atoms with Crippen LogP contribution in [0.4, 0.5) is 5.69 Å². The number of nitrogens with zero attached hydrogens (tertiary/aromatic N) is 1. The summed E-state index contributed by atoms with van der Waals surface area (Å²) in [6.07, 6.45) is 0. The molecule has 136 valence electrons. The van der Waals surface area contributed by atoms with Gasteiger partial charge in [0.05, 0.1) is 21.3 Å². The molecule has 0 saturated carbocycles. The molecule has 0 radical (unpaired) electrons. The maximum Gasteiger partial charge on any atom is 0.295 e. The maximum absolute atomic E-state index is 11.8. The Morgan fingerprint density at radius 2 is 1.48 bits per heavy atom. The number of hydrogen-bond acceptors (Lipinski definition) is 6. The van der Waals surface area contributed by atoms with Crippen LogP contribution < -0.4 is 19.1 Å². The highest BCUT2D eigenvalue weighted by Gasteiger charge is 2.21. The molecular formula is C17H21NO6S. The molecular weight excluding hydrogens is 346 g/mol. The summed E-state index contributed by atoms with van der Waals surface area (Å²) in [6.45, 7) is 0. The van der Waals surface area contributed by atoms with Gasteiger partial charge in [0, 0.05) is 25.3 Å². The largest absolute Gasteiger partial charge is 0.493 e. The van der Waals surface area contributed by atoms with Gasteiger partial charge in [-0.2, -0.15) is 8.42 Å². The summed E-state index contributed by atoms with van der Waals surface area (Å²) in [4.78, 5) is 1.63. The third kappa shape index (κ3) is 3.80. The predicted molar refractivity (Wildman–Crippen MR) is 95.7 cm³/mol. The predicted octanol–water partition coefficient (Wildman–Crippen LogP) is 2.69. The molecule has 2 aromatic carbocycles. The minimum atomic E-state index is -4.41. The molecule has 0 atom stereocenters. The maximum atomic E-state index is 11.8. The van der Waals surface area contributed by atoms with Gasteiger partial charge in [0.25, 0.3) is 10.1 Å². The minimum Gasteiger partial charge on any atom is -0.493 e. The Morgan fingerprint density at radius 3 is 1.88 bits per heavy atom. The van der Waals surface area contributed by atoms with Crippen LogP contribution in [0.2, 0.25) is 0 Å². The number of benzene rings is 2. The van der Waals surface area contributed by atoms with Crippen LogP contribution in [0, 0.1) is 0 Å². The molecule has 0 spiro atoms. The van der Waals surface area contributed by atoms with Gasteiger partial charge in [0.2, 0.25) is 5.75 Å². The average molecular weight is 367 g/mol. The Balaban J connectivity index is 2.82. The van der Waals surface area contributed by atoms with E-state index in [2.05, 4.69) is 0 Å². The molecule has 7 nitrogen and oxygen atoms in total. The van der Waals surface area contributed by atoms with Gasteiger partial charge in [0.15, 0.2) is 11.5 Å². The quantitative estimate of drug-likeness (QED) is 0.786. The van der Waals surface area contributed by atoms with E-state index in [1.54, 1.807) is 24.3 Å². The highest BCUT2D eigenvalue weighted by molar-refractivity contribution is 7.86. The van der Waals surface area contributed by atoms with Crippen molar-refractivity contribution in [1.82, 2.24) is 0 Å². The molecule has 2 rings (SSSR count). The van der Waals surface area contributed by atoms with E-state index >= 15 is 0 Å². The third-order valence-electron chi connectivity index (χ3n) is 3.73. The fraction of sp³-hybridized carbons (Fsp3) is 0.294. The van der Waals surface area contributed by atoms with E-state index in [0.29, 0.717) is 28.4 Å². The van der Waals surface area contributed by atoms with Crippen molar-refractivity contribution in [3.63, 3.8) is 0 Å². The number of ether oxygens (including phenoxy) is 3. The van der Waals surface area contributed by atoms with Crippen LogP contribution in [0.15, 0.2) is 35.2 Å². The lowest BCUT2D eigenvalue weighted by molar-refractivity contribution is 0.324. The molecule has 0 amide bonds. The zero-order valence-electron chi connectivity index (χ0n) is 14.7. The van der Waals surface area contributed by atoms with E-state index in [9.17, 15) is 13.0 Å². The van der Waals surface area contributed by atoms with Crippen LogP contribution >= 0.6 is 0 Å². The first-order valence-corrected chi connectivity index (χ1v) is 8.76. The lowest BCUT2D eigenvalue weighted by atomic mass is 10.0. The molecule has 0 fully saturated rings. The molecule has 0 saturated heterocycles. The summed E-state index contributed by atoms with van der Waals surface area (Å²) in [7, 11) is 3.69. The summed E-state index contributed by atoms with van der Waals surface area (Å²) in [6, 6.07) is 7.91. The normalized spacial score (nSPS) is 11.1. The van der Waals surface area contributed by atoms with E-state index in [1.165, 1.54) is 27.4 Å². The van der Waals surface area contributed by atoms with E-state index in [0.717, 1.165) is 5.69 Å². The first-order chi connectivity index (χ1) is 11.7. The van der Waals surface area contributed by atoms with Crippen LogP contribution in [0.1, 0.15) is 0 Å². The summed E-state index contributed by atoms with van der Waals surface area (Å²) in [5.74, 6) is 1.16. The van der Waals surface area contributed by atoms with Gasteiger partial charge < -0.3 is 19.1 Å². The van der Waals surface area contributed by atoms with Crippen molar-refractivity contribution in [2.24, 2.45) is 0 Å². The molecule has 0 aromatic heterocycles. The first-order valence-electron chi connectivity index (χ1n) is 7.32. The Bertz CT molecular complexity index is 852. The van der Waals surface area contributed by atoms with Gasteiger partial charge in [-0.25, -0.2) is 0 Å². The Morgan fingerprint density at radius 1 is 0.920 bits per heavy atom. The molecule has 0 aliphatic heterocycles. The van der Waals surface area contributed by atoms with E-state index in [1.807, 2.05) is 19.0 Å². The van der Waals surface area contributed by atoms with Crippen LogP contribution in [0.25, 0.3) is 11.1 Å². The first kappa shape index (κ1) is 18.9. The average Bonchev–Trinajstić information content (AvgIpc) is 2.58. The molecule has 2 aromatic rings. The van der Waals surface area contributed by atoms with Gasteiger partial charge >= 0.3 is 0 Å². The van der Waals surface area contributed by atoms with Crippen molar-refractivity contribution in [2.45, 2.75) is 4.90 Å². The van der Waals surface area contributed by atoms with Gasteiger partial charge in [-0.3, -0.25) is 4.55 Å². The van der Waals surface area contributed by atoms with Crippen molar-refractivity contribution in [3.05, 3.63) is 30.3 Å². The van der Waals surface area contributed by atoms with E-state index in [-0.39, 0.29) is 4.90 Å². The minimum absolute atomic E-state index is 0.202. The molecule has 1 N–H and O–H groups in total. The van der Waals surface area contributed by atoms with Crippen molar-refractivity contribution in [2.75, 3.05) is 40.3 Å². The number of rotatable bonds is 6. The Labute approximate surface area is 147 Å². The second kappa shape index (κ2) is 7.20. The molecule has 25 heavy (non-hydrogen) atoms. The topological polar surface area (TPSA) is 85.3 Å². The van der Waals surface area contributed by atoms with Gasteiger partial charge in [-0.1, -0.05) is 0 Å². The summed E-state index contributed by atoms with van der Waals surface area (Å²) < 4.78 is 49.1. The zero-order valence-corrected chi connectivity index (χ0v) is 15.5. The second-order valence-electron chi connectivity index (χ2n) is 5.46. The van der Waals surface area contributed by atoms with Crippen molar-refractivity contribution >= 4 is 15.8 Å². The monoisotopic (exact) mass is 367 g/mol. The summed E-state index contributed by atoms with van der Waals surface area (Å²) in [5, 5.41) is 0. The van der Waals surface area contributed by atoms with Gasteiger partial charge in [-0.05, 0) is 35.9 Å². The van der Waals surface area contributed by atoms with Gasteiger partial charge in [-0.15, -0.1) is 0 Å². The fourth-order valence-corrected chi connectivity index (χ4v) is 3.18.